The largest absolute Gasteiger partial charge is 0.463 e. The van der Waals surface area contributed by atoms with Crippen molar-refractivity contribution in [2.75, 3.05) is 13.2 Å². The molecule has 0 atom stereocenters. The third kappa shape index (κ3) is 3.55. The SMILES string of the molecule is CCOC(=O)/C(=C/c1ccccc1)CON1C(=O)c2ccccc2C1=O. The van der Waals surface area contributed by atoms with E-state index in [0.717, 1.165) is 5.56 Å². The fraction of sp³-hybridized carbons (Fsp3) is 0.150. The molecule has 0 saturated heterocycles. The van der Waals surface area contributed by atoms with Crippen LogP contribution >= 0.6 is 0 Å². The second-order valence-corrected chi connectivity index (χ2v) is 5.52. The molecule has 26 heavy (non-hydrogen) atoms. The van der Waals surface area contributed by atoms with Gasteiger partial charge < -0.3 is 4.74 Å². The van der Waals surface area contributed by atoms with E-state index in [-0.39, 0.29) is 29.9 Å². The number of hydrogen-bond donors (Lipinski definition) is 0. The molecule has 1 heterocycles. The maximum atomic E-state index is 12.3. The van der Waals surface area contributed by atoms with Crippen LogP contribution in [0.25, 0.3) is 6.08 Å². The van der Waals surface area contributed by atoms with E-state index >= 15 is 0 Å². The summed E-state index contributed by atoms with van der Waals surface area (Å²) in [6, 6.07) is 15.6. The molecule has 0 spiro atoms. The highest BCUT2D eigenvalue weighted by Crippen LogP contribution is 2.23. The first kappa shape index (κ1) is 17.6. The summed E-state index contributed by atoms with van der Waals surface area (Å²) in [7, 11) is 0. The van der Waals surface area contributed by atoms with Crippen LogP contribution in [0.4, 0.5) is 0 Å². The molecule has 0 aromatic heterocycles. The van der Waals surface area contributed by atoms with Crippen LogP contribution in [-0.4, -0.2) is 36.1 Å². The van der Waals surface area contributed by atoms with E-state index in [0.29, 0.717) is 5.06 Å². The van der Waals surface area contributed by atoms with Crippen molar-refractivity contribution in [2.24, 2.45) is 0 Å². The first-order valence-corrected chi connectivity index (χ1v) is 8.15. The third-order valence-electron chi connectivity index (χ3n) is 3.78. The van der Waals surface area contributed by atoms with Crippen molar-refractivity contribution in [3.8, 4) is 0 Å². The molecule has 132 valence electrons. The van der Waals surface area contributed by atoms with Crippen LogP contribution in [0, 0.1) is 0 Å². The van der Waals surface area contributed by atoms with Crippen molar-refractivity contribution in [2.45, 2.75) is 6.92 Å². The smallest absolute Gasteiger partial charge is 0.336 e. The van der Waals surface area contributed by atoms with Crippen molar-refractivity contribution in [3.63, 3.8) is 0 Å². The van der Waals surface area contributed by atoms with E-state index in [1.807, 2.05) is 30.3 Å². The van der Waals surface area contributed by atoms with Crippen LogP contribution in [0.15, 0.2) is 60.2 Å². The van der Waals surface area contributed by atoms with E-state index in [1.54, 1.807) is 37.3 Å². The predicted molar refractivity (Wildman–Crippen MR) is 93.9 cm³/mol. The number of nitrogens with zero attached hydrogens (tertiary/aromatic N) is 1. The normalized spacial score (nSPS) is 13.7. The molecular formula is C20H17NO5. The van der Waals surface area contributed by atoms with Crippen LogP contribution in [0.3, 0.4) is 0 Å². The van der Waals surface area contributed by atoms with Crippen LogP contribution in [0.1, 0.15) is 33.2 Å². The summed E-state index contributed by atoms with van der Waals surface area (Å²) >= 11 is 0. The van der Waals surface area contributed by atoms with Gasteiger partial charge in [-0.3, -0.25) is 14.4 Å². The standard InChI is InChI=1S/C20H17NO5/c1-2-25-20(24)15(12-14-8-4-3-5-9-14)13-26-21-18(22)16-10-6-7-11-17(16)19(21)23/h3-12H,2,13H2,1H3/b15-12+. The quantitative estimate of drug-likeness (QED) is 0.455. The van der Waals surface area contributed by atoms with E-state index in [9.17, 15) is 14.4 Å². The molecular weight excluding hydrogens is 334 g/mol. The molecule has 6 heteroatoms. The average Bonchev–Trinajstić information content (AvgIpc) is 2.91. The molecule has 0 unspecified atom stereocenters. The first-order valence-electron chi connectivity index (χ1n) is 8.15. The van der Waals surface area contributed by atoms with Gasteiger partial charge in [0.1, 0.15) is 6.61 Å². The fourth-order valence-electron chi connectivity index (χ4n) is 2.55. The Kier molecular flexibility index (Phi) is 5.24. The minimum absolute atomic E-state index is 0.203. The van der Waals surface area contributed by atoms with Gasteiger partial charge >= 0.3 is 5.97 Å². The zero-order chi connectivity index (χ0) is 18.5. The van der Waals surface area contributed by atoms with Gasteiger partial charge in [-0.2, -0.15) is 0 Å². The van der Waals surface area contributed by atoms with Gasteiger partial charge in [0.2, 0.25) is 0 Å². The van der Waals surface area contributed by atoms with Gasteiger partial charge in [-0.05, 0) is 30.7 Å². The van der Waals surface area contributed by atoms with Crippen molar-refractivity contribution < 1.29 is 24.0 Å². The number of benzene rings is 2. The number of imide groups is 1. The second-order valence-electron chi connectivity index (χ2n) is 5.52. The van der Waals surface area contributed by atoms with Crippen LogP contribution in [0.5, 0.6) is 0 Å². The summed E-state index contributed by atoms with van der Waals surface area (Å²) < 4.78 is 5.03. The maximum Gasteiger partial charge on any atom is 0.336 e. The van der Waals surface area contributed by atoms with Crippen LogP contribution in [-0.2, 0) is 14.4 Å². The number of carbonyl (C=O) groups excluding carboxylic acids is 3. The molecule has 0 fully saturated rings. The predicted octanol–water partition coefficient (Wildman–Crippen LogP) is 2.86. The summed E-state index contributed by atoms with van der Waals surface area (Å²) in [5.74, 6) is -1.66. The summed E-state index contributed by atoms with van der Waals surface area (Å²) in [6.07, 6.45) is 1.61. The molecule has 0 saturated carbocycles. The van der Waals surface area contributed by atoms with E-state index < -0.39 is 17.8 Å². The Labute approximate surface area is 150 Å². The van der Waals surface area contributed by atoms with Gasteiger partial charge in [0.15, 0.2) is 0 Å². The lowest BCUT2D eigenvalue weighted by molar-refractivity contribution is -0.141. The van der Waals surface area contributed by atoms with Crippen molar-refractivity contribution >= 4 is 23.9 Å². The average molecular weight is 351 g/mol. The summed E-state index contributed by atoms with van der Waals surface area (Å²) in [5.41, 5.74) is 1.54. The molecule has 6 nitrogen and oxygen atoms in total. The lowest BCUT2D eigenvalue weighted by atomic mass is 10.1. The number of hydroxylamine groups is 2. The topological polar surface area (TPSA) is 72.9 Å². The molecule has 1 aliphatic heterocycles. The highest BCUT2D eigenvalue weighted by atomic mass is 16.7. The van der Waals surface area contributed by atoms with Crippen LogP contribution in [0.2, 0.25) is 0 Å². The number of hydrogen-bond acceptors (Lipinski definition) is 5. The highest BCUT2D eigenvalue weighted by molar-refractivity contribution is 6.20. The molecule has 2 amide bonds. The summed E-state index contributed by atoms with van der Waals surface area (Å²) in [6.45, 7) is 1.64. The second kappa shape index (κ2) is 7.76. The molecule has 2 aromatic rings. The Bertz CT molecular complexity index is 838. The Morgan fingerprint density at radius 3 is 2.12 bits per heavy atom. The van der Waals surface area contributed by atoms with Crippen molar-refractivity contribution in [1.82, 2.24) is 5.06 Å². The Hall–Kier alpha value is -3.25. The van der Waals surface area contributed by atoms with Gasteiger partial charge in [-0.15, -0.1) is 5.06 Å². The number of rotatable bonds is 6. The zero-order valence-corrected chi connectivity index (χ0v) is 14.2. The minimum atomic E-state index is -0.562. The molecule has 3 rings (SSSR count). The van der Waals surface area contributed by atoms with Gasteiger partial charge in [-0.25, -0.2) is 4.79 Å². The monoisotopic (exact) mass is 351 g/mol. The molecule has 0 N–H and O–H groups in total. The first-order chi connectivity index (χ1) is 12.6. The van der Waals surface area contributed by atoms with Gasteiger partial charge in [0.05, 0.1) is 23.3 Å². The van der Waals surface area contributed by atoms with E-state index in [2.05, 4.69) is 0 Å². The summed E-state index contributed by atoms with van der Waals surface area (Å²) in [4.78, 5) is 42.2. The van der Waals surface area contributed by atoms with Crippen molar-refractivity contribution in [1.29, 1.82) is 0 Å². The molecule has 2 aromatic carbocycles. The number of carbonyl (C=O) groups is 3. The number of fused-ring (bicyclic) bond motifs is 1. The number of esters is 1. The Morgan fingerprint density at radius 2 is 1.54 bits per heavy atom. The lowest BCUT2D eigenvalue weighted by Crippen LogP contribution is -2.31. The third-order valence-corrected chi connectivity index (χ3v) is 3.78. The Morgan fingerprint density at radius 1 is 0.962 bits per heavy atom. The zero-order valence-electron chi connectivity index (χ0n) is 14.2. The van der Waals surface area contributed by atoms with Crippen molar-refractivity contribution in [3.05, 3.63) is 76.9 Å². The molecule has 0 radical (unpaired) electrons. The lowest BCUT2D eigenvalue weighted by Gasteiger charge is -2.14. The Balaban J connectivity index is 1.79. The molecule has 0 aliphatic carbocycles. The maximum absolute atomic E-state index is 12.3. The van der Waals surface area contributed by atoms with Gasteiger partial charge in [0, 0.05) is 0 Å². The number of amides is 2. The molecule has 0 bridgehead atoms. The molecule has 1 aliphatic rings. The fourth-order valence-corrected chi connectivity index (χ4v) is 2.55. The van der Waals surface area contributed by atoms with E-state index in [1.165, 1.54) is 0 Å². The minimum Gasteiger partial charge on any atom is -0.463 e. The van der Waals surface area contributed by atoms with Gasteiger partial charge in [-0.1, -0.05) is 42.5 Å². The highest BCUT2D eigenvalue weighted by Gasteiger charge is 2.36. The van der Waals surface area contributed by atoms with Gasteiger partial charge in [0.25, 0.3) is 11.8 Å². The number of ether oxygens (including phenoxy) is 1. The van der Waals surface area contributed by atoms with E-state index in [4.69, 9.17) is 9.57 Å². The van der Waals surface area contributed by atoms with Crippen LogP contribution < -0.4 is 0 Å². The summed E-state index contributed by atoms with van der Waals surface area (Å²) in [5, 5.41) is 0.683.